The first-order valence-corrected chi connectivity index (χ1v) is 11.7. The minimum atomic E-state index is -0.124. The van der Waals surface area contributed by atoms with Gasteiger partial charge in [-0.1, -0.05) is 30.7 Å². The summed E-state index contributed by atoms with van der Waals surface area (Å²) in [5, 5.41) is 6.33. The van der Waals surface area contributed by atoms with Gasteiger partial charge in [-0.2, -0.15) is 0 Å². The highest BCUT2D eigenvalue weighted by atomic mass is 32.2. The zero-order chi connectivity index (χ0) is 21.3. The van der Waals surface area contributed by atoms with Crippen molar-refractivity contribution >= 4 is 55.9 Å². The second-order valence-corrected chi connectivity index (χ2v) is 8.68. The number of nitrogens with one attached hydrogen (secondary N) is 2. The number of amides is 2. The number of carbonyl (C=O) groups excluding carboxylic acids is 2. The molecule has 0 unspecified atom stereocenters. The fraction of sp³-hybridized carbons (Fsp3) is 0.318. The van der Waals surface area contributed by atoms with Gasteiger partial charge in [-0.25, -0.2) is 4.98 Å². The number of ether oxygens (including phenoxy) is 1. The molecule has 1 aromatic heterocycles. The summed E-state index contributed by atoms with van der Waals surface area (Å²) in [6.07, 6.45) is 2.38. The molecule has 6 nitrogen and oxygen atoms in total. The Hall–Kier alpha value is -2.58. The molecule has 8 heteroatoms. The second kappa shape index (κ2) is 11.0. The van der Waals surface area contributed by atoms with Crippen LogP contribution in [0, 0.1) is 0 Å². The molecular formula is C22H25N3O3S2. The lowest BCUT2D eigenvalue weighted by atomic mass is 10.2. The first-order valence-electron chi connectivity index (χ1n) is 9.93. The van der Waals surface area contributed by atoms with Crippen molar-refractivity contribution in [2.45, 2.75) is 38.0 Å². The Balaban J connectivity index is 1.54. The van der Waals surface area contributed by atoms with E-state index >= 15 is 0 Å². The Morgan fingerprint density at radius 1 is 1.10 bits per heavy atom. The minimum Gasteiger partial charge on any atom is -0.494 e. The number of benzene rings is 2. The number of rotatable bonds is 10. The van der Waals surface area contributed by atoms with E-state index in [1.54, 1.807) is 0 Å². The van der Waals surface area contributed by atoms with Gasteiger partial charge >= 0.3 is 0 Å². The first-order chi connectivity index (χ1) is 14.6. The van der Waals surface area contributed by atoms with Crippen molar-refractivity contribution in [2.75, 3.05) is 23.0 Å². The van der Waals surface area contributed by atoms with Gasteiger partial charge in [0.2, 0.25) is 11.8 Å². The first kappa shape index (κ1) is 22.1. The van der Waals surface area contributed by atoms with E-state index in [2.05, 4.69) is 22.5 Å². The van der Waals surface area contributed by atoms with Crippen LogP contribution in [0.3, 0.4) is 0 Å². The maximum absolute atomic E-state index is 12.4. The summed E-state index contributed by atoms with van der Waals surface area (Å²) < 4.78 is 6.47. The Bertz CT molecular complexity index is 1020. The summed E-state index contributed by atoms with van der Waals surface area (Å²) in [6, 6.07) is 13.2. The standard InChI is InChI=1S/C22H25N3O3S2/c1-3-5-9-20(26)23-15-7-6-8-17(12-15)29-14-21(27)25-22-24-18-11-10-16(28-4-2)13-19(18)30-22/h6-8,10-13H,3-5,9,14H2,1-2H3,(H,23,26)(H,24,25,27). The molecule has 0 atom stereocenters. The Labute approximate surface area is 184 Å². The third-order valence-electron chi connectivity index (χ3n) is 4.16. The van der Waals surface area contributed by atoms with Gasteiger partial charge in [0, 0.05) is 17.0 Å². The largest absolute Gasteiger partial charge is 0.494 e. The van der Waals surface area contributed by atoms with Gasteiger partial charge in [0.05, 0.1) is 22.6 Å². The van der Waals surface area contributed by atoms with Gasteiger partial charge < -0.3 is 15.4 Å². The van der Waals surface area contributed by atoms with Crippen LogP contribution in [-0.4, -0.2) is 29.2 Å². The molecule has 0 radical (unpaired) electrons. The number of hydrogen-bond acceptors (Lipinski definition) is 6. The molecule has 3 aromatic rings. The SMILES string of the molecule is CCCCC(=O)Nc1cccc(SCC(=O)Nc2nc3ccc(OCC)cc3s2)c1. The summed E-state index contributed by atoms with van der Waals surface area (Å²) in [5.41, 5.74) is 1.58. The molecule has 0 aliphatic carbocycles. The molecule has 0 aliphatic rings. The number of hydrogen-bond donors (Lipinski definition) is 2. The van der Waals surface area contributed by atoms with E-state index in [0.717, 1.165) is 39.4 Å². The van der Waals surface area contributed by atoms with Crippen LogP contribution in [0.5, 0.6) is 5.75 Å². The zero-order valence-electron chi connectivity index (χ0n) is 17.1. The molecule has 0 saturated heterocycles. The highest BCUT2D eigenvalue weighted by molar-refractivity contribution is 8.00. The monoisotopic (exact) mass is 443 g/mol. The molecule has 0 fully saturated rings. The molecule has 2 amide bonds. The number of anilines is 2. The number of fused-ring (bicyclic) bond motifs is 1. The van der Waals surface area contributed by atoms with Crippen molar-refractivity contribution in [1.82, 2.24) is 4.98 Å². The fourth-order valence-electron chi connectivity index (χ4n) is 2.74. The van der Waals surface area contributed by atoms with Crippen LogP contribution < -0.4 is 15.4 Å². The molecule has 2 N–H and O–H groups in total. The number of unbranched alkanes of at least 4 members (excludes halogenated alkanes) is 1. The maximum Gasteiger partial charge on any atom is 0.236 e. The molecule has 3 rings (SSSR count). The highest BCUT2D eigenvalue weighted by Crippen LogP contribution is 2.29. The number of thiazole rings is 1. The van der Waals surface area contributed by atoms with E-state index in [1.807, 2.05) is 49.4 Å². The van der Waals surface area contributed by atoms with Crippen molar-refractivity contribution in [2.24, 2.45) is 0 Å². The van der Waals surface area contributed by atoms with Crippen molar-refractivity contribution in [1.29, 1.82) is 0 Å². The van der Waals surface area contributed by atoms with Crippen LogP contribution in [-0.2, 0) is 9.59 Å². The highest BCUT2D eigenvalue weighted by Gasteiger charge is 2.10. The summed E-state index contributed by atoms with van der Waals surface area (Å²) in [5.74, 6) is 0.943. The smallest absolute Gasteiger partial charge is 0.236 e. The lowest BCUT2D eigenvalue weighted by Gasteiger charge is -2.07. The molecule has 0 bridgehead atoms. The predicted octanol–water partition coefficient (Wildman–Crippen LogP) is 5.55. The second-order valence-electron chi connectivity index (χ2n) is 6.60. The van der Waals surface area contributed by atoms with E-state index < -0.39 is 0 Å². The normalized spacial score (nSPS) is 10.7. The Morgan fingerprint density at radius 3 is 2.77 bits per heavy atom. The minimum absolute atomic E-state index is 0.0140. The van der Waals surface area contributed by atoms with Gasteiger partial charge in [0.25, 0.3) is 0 Å². The average Bonchev–Trinajstić information content (AvgIpc) is 3.12. The zero-order valence-corrected chi connectivity index (χ0v) is 18.7. The lowest BCUT2D eigenvalue weighted by Crippen LogP contribution is -2.13. The van der Waals surface area contributed by atoms with Crippen LogP contribution >= 0.6 is 23.1 Å². The summed E-state index contributed by atoms with van der Waals surface area (Å²) >= 11 is 2.84. The van der Waals surface area contributed by atoms with Crippen molar-refractivity contribution in [3.8, 4) is 5.75 Å². The quantitative estimate of drug-likeness (QED) is 0.401. The van der Waals surface area contributed by atoms with Crippen LogP contribution in [0.25, 0.3) is 10.2 Å². The van der Waals surface area contributed by atoms with Crippen molar-refractivity contribution in [3.05, 3.63) is 42.5 Å². The van der Waals surface area contributed by atoms with Gasteiger partial charge in [-0.05, 0) is 49.7 Å². The molecule has 158 valence electrons. The number of aromatic nitrogens is 1. The summed E-state index contributed by atoms with van der Waals surface area (Å²) in [4.78, 5) is 29.6. The van der Waals surface area contributed by atoms with Gasteiger partial charge in [0.1, 0.15) is 5.75 Å². The maximum atomic E-state index is 12.4. The molecule has 0 aliphatic heterocycles. The van der Waals surface area contributed by atoms with Gasteiger partial charge in [-0.3, -0.25) is 9.59 Å². The van der Waals surface area contributed by atoms with E-state index in [-0.39, 0.29) is 17.6 Å². The predicted molar refractivity (Wildman–Crippen MR) is 125 cm³/mol. The van der Waals surface area contributed by atoms with Gasteiger partial charge in [0.15, 0.2) is 5.13 Å². The van der Waals surface area contributed by atoms with E-state index in [1.165, 1.54) is 23.1 Å². The molecular weight excluding hydrogens is 418 g/mol. The topological polar surface area (TPSA) is 80.3 Å². The lowest BCUT2D eigenvalue weighted by molar-refractivity contribution is -0.116. The van der Waals surface area contributed by atoms with Crippen LogP contribution in [0.1, 0.15) is 33.1 Å². The number of carbonyl (C=O) groups is 2. The van der Waals surface area contributed by atoms with E-state index in [0.29, 0.717) is 18.2 Å². The van der Waals surface area contributed by atoms with Crippen molar-refractivity contribution < 1.29 is 14.3 Å². The molecule has 1 heterocycles. The van der Waals surface area contributed by atoms with E-state index in [9.17, 15) is 9.59 Å². The molecule has 0 spiro atoms. The number of nitrogens with zero attached hydrogens (tertiary/aromatic N) is 1. The third kappa shape index (κ3) is 6.47. The molecule has 30 heavy (non-hydrogen) atoms. The Kier molecular flexibility index (Phi) is 8.10. The van der Waals surface area contributed by atoms with Crippen molar-refractivity contribution in [3.63, 3.8) is 0 Å². The molecule has 0 saturated carbocycles. The fourth-order valence-corrected chi connectivity index (χ4v) is 4.41. The Morgan fingerprint density at radius 2 is 1.97 bits per heavy atom. The summed E-state index contributed by atoms with van der Waals surface area (Å²) in [6.45, 7) is 4.60. The average molecular weight is 444 g/mol. The van der Waals surface area contributed by atoms with Gasteiger partial charge in [-0.15, -0.1) is 11.8 Å². The molecule has 2 aromatic carbocycles. The van der Waals surface area contributed by atoms with E-state index in [4.69, 9.17) is 4.74 Å². The van der Waals surface area contributed by atoms with Crippen LogP contribution in [0.4, 0.5) is 10.8 Å². The third-order valence-corrected chi connectivity index (χ3v) is 6.09. The number of thioether (sulfide) groups is 1. The van der Waals surface area contributed by atoms with Crippen LogP contribution in [0.15, 0.2) is 47.4 Å². The summed E-state index contributed by atoms with van der Waals surface area (Å²) in [7, 11) is 0. The van der Waals surface area contributed by atoms with Crippen LogP contribution in [0.2, 0.25) is 0 Å².